The number of fused-ring (bicyclic) bond motifs is 1. The van der Waals surface area contributed by atoms with Crippen LogP contribution in [0.4, 0.5) is 0 Å². The molecule has 1 aromatic carbocycles. The van der Waals surface area contributed by atoms with Crippen LogP contribution in [0.3, 0.4) is 0 Å². The van der Waals surface area contributed by atoms with Crippen molar-refractivity contribution in [2.75, 3.05) is 0 Å². The molecule has 0 aliphatic carbocycles. The van der Waals surface area contributed by atoms with E-state index in [-0.39, 0.29) is 18.6 Å². The first kappa shape index (κ1) is 12.8. The number of carboxylic acids is 1. The lowest BCUT2D eigenvalue weighted by Gasteiger charge is -1.97. The quantitative estimate of drug-likeness (QED) is 0.878. The lowest BCUT2D eigenvalue weighted by Crippen LogP contribution is -1.97. The summed E-state index contributed by atoms with van der Waals surface area (Å²) >= 11 is 3.30. The molecule has 0 spiro atoms. The fraction of sp³-hybridized carbons (Fsp3) is 0.250. The van der Waals surface area contributed by atoms with Gasteiger partial charge in [-0.15, -0.1) is 0 Å². The normalized spacial score (nSPS) is 10.8. The second-order valence-corrected chi connectivity index (χ2v) is 4.77. The topological polar surface area (TPSA) is 80.4 Å². The van der Waals surface area contributed by atoms with Crippen molar-refractivity contribution in [3.05, 3.63) is 28.1 Å². The summed E-state index contributed by atoms with van der Waals surface area (Å²) in [7, 11) is 0. The number of rotatable bonds is 4. The number of aliphatic carboxylic acids is 1. The Morgan fingerprint density at radius 3 is 2.78 bits per heavy atom. The highest BCUT2D eigenvalue weighted by Gasteiger charge is 2.14. The molecule has 0 saturated carbocycles. The first-order chi connectivity index (χ1) is 8.47. The molecule has 2 aromatic rings. The predicted octanol–water partition coefficient (Wildman–Crippen LogP) is 2.81. The monoisotopic (exact) mass is 311 g/mol. The summed E-state index contributed by atoms with van der Waals surface area (Å²) in [6, 6.07) is 3.40. The Hall–Kier alpha value is -1.69. The maximum absolute atomic E-state index is 11.5. The molecule has 1 heterocycles. The van der Waals surface area contributed by atoms with Crippen LogP contribution >= 0.6 is 15.9 Å². The van der Waals surface area contributed by atoms with Gasteiger partial charge in [0.25, 0.3) is 0 Å². The zero-order chi connectivity index (χ0) is 13.3. The van der Waals surface area contributed by atoms with Gasteiger partial charge in [0.15, 0.2) is 17.3 Å². The number of ketones is 1. The van der Waals surface area contributed by atoms with Crippen molar-refractivity contribution in [3.8, 4) is 0 Å². The summed E-state index contributed by atoms with van der Waals surface area (Å²) < 4.78 is 6.18. The molecule has 0 unspecified atom stereocenters. The highest BCUT2D eigenvalue weighted by molar-refractivity contribution is 9.10. The van der Waals surface area contributed by atoms with Gasteiger partial charge < -0.3 is 9.52 Å². The van der Waals surface area contributed by atoms with E-state index in [2.05, 4.69) is 20.9 Å². The highest BCUT2D eigenvalue weighted by atomic mass is 79.9. The standard InChI is InChI=1S/C12H10BrNO4/c1-6(15)8-4-7(13)5-9-12(8)18-10(14-9)2-3-11(16)17/h4-5H,2-3H2,1H3,(H,16,17). The van der Waals surface area contributed by atoms with E-state index in [0.29, 0.717) is 22.6 Å². The molecular weight excluding hydrogens is 302 g/mol. The van der Waals surface area contributed by atoms with Crippen LogP contribution in [0.25, 0.3) is 11.1 Å². The second kappa shape index (κ2) is 4.89. The Morgan fingerprint density at radius 2 is 2.17 bits per heavy atom. The predicted molar refractivity (Wildman–Crippen MR) is 67.7 cm³/mol. The lowest BCUT2D eigenvalue weighted by molar-refractivity contribution is -0.137. The van der Waals surface area contributed by atoms with E-state index in [4.69, 9.17) is 9.52 Å². The highest BCUT2D eigenvalue weighted by Crippen LogP contribution is 2.26. The SMILES string of the molecule is CC(=O)c1cc(Br)cc2nc(CCC(=O)O)oc12. The van der Waals surface area contributed by atoms with Gasteiger partial charge in [0, 0.05) is 10.9 Å². The van der Waals surface area contributed by atoms with Gasteiger partial charge in [-0.05, 0) is 19.1 Å². The van der Waals surface area contributed by atoms with Gasteiger partial charge in [-0.1, -0.05) is 15.9 Å². The summed E-state index contributed by atoms with van der Waals surface area (Å²) in [5, 5.41) is 8.61. The van der Waals surface area contributed by atoms with Gasteiger partial charge in [0.2, 0.25) is 0 Å². The van der Waals surface area contributed by atoms with Crippen LogP contribution in [0, 0.1) is 0 Å². The molecule has 0 atom stereocenters. The fourth-order valence-electron chi connectivity index (χ4n) is 1.63. The van der Waals surface area contributed by atoms with E-state index in [9.17, 15) is 9.59 Å². The Bertz CT molecular complexity index is 632. The first-order valence-corrected chi connectivity index (χ1v) is 6.08. The van der Waals surface area contributed by atoms with Crippen molar-refractivity contribution in [2.45, 2.75) is 19.8 Å². The molecule has 1 N–H and O–H groups in total. The minimum Gasteiger partial charge on any atom is -0.481 e. The maximum atomic E-state index is 11.5. The molecule has 0 radical (unpaired) electrons. The number of carboxylic acid groups (broad SMARTS) is 1. The lowest BCUT2D eigenvalue weighted by atomic mass is 10.1. The van der Waals surface area contributed by atoms with Crippen LogP contribution in [-0.2, 0) is 11.2 Å². The van der Waals surface area contributed by atoms with E-state index in [0.717, 1.165) is 4.47 Å². The molecule has 1 aromatic heterocycles. The number of oxazole rings is 1. The molecule has 0 saturated heterocycles. The Kier molecular flexibility index (Phi) is 3.47. The summed E-state index contributed by atoms with van der Waals surface area (Å²) in [5.41, 5.74) is 1.40. The third-order valence-corrected chi connectivity index (χ3v) is 2.89. The Balaban J connectivity index is 2.46. The molecule has 0 aliphatic rings. The number of Topliss-reactive ketones (excluding diaryl/α,β-unsaturated/α-hetero) is 1. The molecule has 0 bridgehead atoms. The molecule has 2 rings (SSSR count). The smallest absolute Gasteiger partial charge is 0.303 e. The van der Waals surface area contributed by atoms with Gasteiger partial charge >= 0.3 is 5.97 Å². The number of benzene rings is 1. The average molecular weight is 312 g/mol. The summed E-state index contributed by atoms with van der Waals surface area (Å²) in [6.45, 7) is 1.45. The summed E-state index contributed by atoms with van der Waals surface area (Å²) in [5.74, 6) is -0.708. The van der Waals surface area contributed by atoms with E-state index in [1.54, 1.807) is 12.1 Å². The van der Waals surface area contributed by atoms with E-state index in [1.165, 1.54) is 6.92 Å². The summed E-state index contributed by atoms with van der Waals surface area (Å²) in [4.78, 5) is 26.1. The van der Waals surface area contributed by atoms with Crippen LogP contribution in [0.5, 0.6) is 0 Å². The van der Waals surface area contributed by atoms with Gasteiger partial charge in [-0.2, -0.15) is 0 Å². The van der Waals surface area contributed by atoms with E-state index in [1.807, 2.05) is 0 Å². The number of carbonyl (C=O) groups excluding carboxylic acids is 1. The maximum Gasteiger partial charge on any atom is 0.303 e. The fourth-order valence-corrected chi connectivity index (χ4v) is 2.07. The van der Waals surface area contributed by atoms with Crippen molar-refractivity contribution in [1.29, 1.82) is 0 Å². The molecule has 5 nitrogen and oxygen atoms in total. The molecular formula is C12H10BrNO4. The molecule has 0 amide bonds. The third-order valence-electron chi connectivity index (χ3n) is 2.43. The third kappa shape index (κ3) is 2.59. The molecule has 94 valence electrons. The minimum absolute atomic E-state index is 0.0522. The molecule has 18 heavy (non-hydrogen) atoms. The minimum atomic E-state index is -0.912. The van der Waals surface area contributed by atoms with Crippen LogP contribution in [0.1, 0.15) is 29.6 Å². The largest absolute Gasteiger partial charge is 0.481 e. The number of aromatic nitrogens is 1. The van der Waals surface area contributed by atoms with Crippen molar-refractivity contribution in [3.63, 3.8) is 0 Å². The van der Waals surface area contributed by atoms with Crippen LogP contribution in [0.2, 0.25) is 0 Å². The molecule has 6 heteroatoms. The van der Waals surface area contributed by atoms with Crippen molar-refractivity contribution in [2.24, 2.45) is 0 Å². The van der Waals surface area contributed by atoms with Crippen LogP contribution in [-0.4, -0.2) is 21.8 Å². The van der Waals surface area contributed by atoms with E-state index >= 15 is 0 Å². The zero-order valence-corrected chi connectivity index (χ0v) is 11.2. The number of aryl methyl sites for hydroxylation is 1. The Morgan fingerprint density at radius 1 is 1.44 bits per heavy atom. The zero-order valence-electron chi connectivity index (χ0n) is 9.57. The van der Waals surface area contributed by atoms with Crippen molar-refractivity contribution >= 4 is 38.8 Å². The second-order valence-electron chi connectivity index (χ2n) is 3.86. The first-order valence-electron chi connectivity index (χ1n) is 5.29. The average Bonchev–Trinajstić information content (AvgIpc) is 2.67. The van der Waals surface area contributed by atoms with Gasteiger partial charge in [-0.3, -0.25) is 9.59 Å². The number of halogens is 1. The summed E-state index contributed by atoms with van der Waals surface area (Å²) in [6.07, 6.45) is 0.155. The van der Waals surface area contributed by atoms with Gasteiger partial charge in [0.1, 0.15) is 5.52 Å². The van der Waals surface area contributed by atoms with Gasteiger partial charge in [0.05, 0.1) is 12.0 Å². The van der Waals surface area contributed by atoms with E-state index < -0.39 is 5.97 Å². The molecule has 0 fully saturated rings. The van der Waals surface area contributed by atoms with Crippen molar-refractivity contribution < 1.29 is 19.1 Å². The number of carbonyl (C=O) groups is 2. The van der Waals surface area contributed by atoms with Crippen LogP contribution < -0.4 is 0 Å². The molecule has 0 aliphatic heterocycles. The number of hydrogen-bond acceptors (Lipinski definition) is 4. The number of nitrogens with zero attached hydrogens (tertiary/aromatic N) is 1. The van der Waals surface area contributed by atoms with Crippen LogP contribution in [0.15, 0.2) is 21.0 Å². The number of hydrogen-bond donors (Lipinski definition) is 1. The van der Waals surface area contributed by atoms with Crippen molar-refractivity contribution in [1.82, 2.24) is 4.98 Å². The Labute approximate surface area is 111 Å². The van der Waals surface area contributed by atoms with Gasteiger partial charge in [-0.25, -0.2) is 4.98 Å².